The molecule has 0 saturated carbocycles. The fourth-order valence-corrected chi connectivity index (χ4v) is 14.7. The summed E-state index contributed by atoms with van der Waals surface area (Å²) in [5.74, 6) is 1.32. The van der Waals surface area contributed by atoms with Crippen molar-refractivity contribution in [3.8, 4) is 11.8 Å². The Morgan fingerprint density at radius 2 is 1.39 bits per heavy atom. The van der Waals surface area contributed by atoms with E-state index in [0.29, 0.717) is 5.56 Å². The molecule has 1 N–H and O–H groups in total. The van der Waals surface area contributed by atoms with E-state index in [1.54, 1.807) is 0 Å². The zero-order chi connectivity index (χ0) is 51.3. The molecule has 0 amide bonds. The van der Waals surface area contributed by atoms with Crippen molar-refractivity contribution in [1.29, 1.82) is 5.26 Å². The molecule has 7 aliphatic rings. The Labute approximate surface area is 447 Å². The quantitative estimate of drug-likeness (QED) is 0.172. The van der Waals surface area contributed by atoms with Crippen LogP contribution in [0.25, 0.3) is 27.5 Å². The number of nitriles is 1. The summed E-state index contributed by atoms with van der Waals surface area (Å²) in [6.45, 7) is 8.98. The van der Waals surface area contributed by atoms with Crippen molar-refractivity contribution in [2.45, 2.75) is 109 Å². The van der Waals surface area contributed by atoms with Crippen molar-refractivity contribution < 1.29 is 0 Å². The number of aryl methyl sites for hydroxylation is 4. The maximum atomic E-state index is 11.9. The van der Waals surface area contributed by atoms with Gasteiger partial charge in [-0.3, -0.25) is 5.32 Å². The van der Waals surface area contributed by atoms with Crippen molar-refractivity contribution >= 4 is 44.7 Å². The van der Waals surface area contributed by atoms with Gasteiger partial charge in [0, 0.05) is 52.3 Å². The number of rotatable bonds is 7. The van der Waals surface area contributed by atoms with Gasteiger partial charge in [0.15, 0.2) is 0 Å². The predicted octanol–water partition coefficient (Wildman–Crippen LogP) is 15.6. The minimum absolute atomic E-state index is 0.00274. The number of hydrogen-bond donors (Lipinski definition) is 1. The Morgan fingerprint density at radius 1 is 0.671 bits per heavy atom. The molecule has 1 aromatic heterocycles. The zero-order valence-corrected chi connectivity index (χ0v) is 44.4. The monoisotopic (exact) mass is 992 g/mol. The average Bonchev–Trinajstić information content (AvgIpc) is 4.23. The van der Waals surface area contributed by atoms with E-state index in [4.69, 9.17) is 4.99 Å². The summed E-state index contributed by atoms with van der Waals surface area (Å²) >= 11 is 0. The van der Waals surface area contributed by atoms with Gasteiger partial charge in [-0.15, -0.1) is 0 Å². The maximum Gasteiger partial charge on any atom is 0.136 e. The van der Waals surface area contributed by atoms with Crippen molar-refractivity contribution in [2.24, 2.45) is 10.9 Å². The molecule has 7 aromatic rings. The number of nitrogens with one attached hydrogen (secondary N) is 1. The molecule has 7 heteroatoms. The van der Waals surface area contributed by atoms with Gasteiger partial charge in [-0.25, -0.2) is 4.99 Å². The first kappa shape index (κ1) is 46.6. The van der Waals surface area contributed by atoms with Gasteiger partial charge in [-0.1, -0.05) is 133 Å². The van der Waals surface area contributed by atoms with Crippen LogP contribution in [0, 0.1) is 44.9 Å². The predicted molar refractivity (Wildman–Crippen MR) is 313 cm³/mol. The Kier molecular flexibility index (Phi) is 11.3. The van der Waals surface area contributed by atoms with Crippen molar-refractivity contribution in [2.75, 3.05) is 16.8 Å². The van der Waals surface area contributed by atoms with Gasteiger partial charge in [-0.05, 0) is 166 Å². The van der Waals surface area contributed by atoms with E-state index < -0.39 is 0 Å². The highest BCUT2D eigenvalue weighted by Gasteiger charge is 2.53. The molecular formula is C69H65N7. The van der Waals surface area contributed by atoms with Gasteiger partial charge in [0.2, 0.25) is 0 Å². The zero-order valence-electron chi connectivity index (χ0n) is 44.4. The van der Waals surface area contributed by atoms with Crippen LogP contribution in [0.4, 0.5) is 17.1 Å². The number of hydrogen-bond acceptors (Lipinski definition) is 6. The summed E-state index contributed by atoms with van der Waals surface area (Å²) in [5, 5.41) is 18.5. The lowest BCUT2D eigenvalue weighted by atomic mass is 9.78. The third-order valence-electron chi connectivity index (χ3n) is 17.8. The molecule has 0 spiro atoms. The van der Waals surface area contributed by atoms with E-state index in [0.717, 1.165) is 66.9 Å². The van der Waals surface area contributed by atoms with E-state index >= 15 is 0 Å². The average molecular weight is 992 g/mol. The Balaban J connectivity index is 1.04. The lowest BCUT2D eigenvalue weighted by molar-refractivity contribution is 0.290. The molecular weight excluding hydrogens is 927 g/mol. The van der Waals surface area contributed by atoms with E-state index in [-0.39, 0.29) is 36.3 Å². The van der Waals surface area contributed by atoms with Crippen molar-refractivity contribution in [3.63, 3.8) is 0 Å². The van der Waals surface area contributed by atoms with Crippen LogP contribution in [-0.4, -0.2) is 40.6 Å². The maximum absolute atomic E-state index is 11.9. The molecule has 6 atom stereocenters. The lowest BCUT2D eigenvalue weighted by Crippen LogP contribution is -2.53. The third-order valence-corrected chi connectivity index (χ3v) is 17.8. The van der Waals surface area contributed by atoms with Crippen LogP contribution in [0.5, 0.6) is 0 Å². The molecule has 6 aromatic carbocycles. The minimum atomic E-state index is -0.339. The second-order valence-corrected chi connectivity index (χ2v) is 22.5. The SMILES string of the molecule is Cc1cc(C)c2c(c1)c1cc(C)cc(C)c1n2-c1cc(N2C3=C(CCC4c5ccccc5N(c5ccccc5)C34)C3C=CC=CC32)c(C#N)cc1C1=NC(c2ccccc2)NC(C2=CCCC(C3=CCCCC3)=C2)N1C. The van der Waals surface area contributed by atoms with Gasteiger partial charge in [-0.2, -0.15) is 5.26 Å². The van der Waals surface area contributed by atoms with Crippen molar-refractivity contribution in [1.82, 2.24) is 14.8 Å². The standard InChI is InChI=1S/C69H65N7/c1-42-34-44(3)63-56(36-42)57-37-43(2)35-45(4)64(57)76(63)62-40-61(75-60-31-18-16-29-53(60)55-33-32-54-52-28-15-17-30-59(52)74(65(54)66(55)75)51-26-13-8-14-27-51)50(41-70)39-58(62)69-72-67(47-22-11-7-12-23-47)71-68(73(69)5)49-25-19-24-48(38-49)46-20-9-6-10-21-46/h7-8,11-18,20,22-23,25-31,34-40,53-54,60,65,67-68,71H,6,9-10,19,21,24,32-33H2,1-5H3. The van der Waals surface area contributed by atoms with Crippen molar-refractivity contribution in [3.05, 3.63) is 236 Å². The highest BCUT2D eigenvalue weighted by molar-refractivity contribution is 6.13. The fraction of sp³-hybridized carbons (Fsp3) is 0.275. The summed E-state index contributed by atoms with van der Waals surface area (Å²) < 4.78 is 2.55. The van der Waals surface area contributed by atoms with E-state index in [1.807, 2.05) is 0 Å². The topological polar surface area (TPSA) is 62.8 Å². The molecule has 376 valence electrons. The van der Waals surface area contributed by atoms with Crippen LogP contribution >= 0.6 is 0 Å². The highest BCUT2D eigenvalue weighted by atomic mass is 15.4. The number of likely N-dealkylation sites (N-methyl/N-ethyl adjacent to an activating group) is 1. The minimum Gasteiger partial charge on any atom is -0.340 e. The number of aliphatic imine (C=N–C) groups is 1. The Hall–Kier alpha value is -7.92. The van der Waals surface area contributed by atoms with E-state index in [9.17, 15) is 5.26 Å². The smallest absolute Gasteiger partial charge is 0.136 e. The Morgan fingerprint density at radius 3 is 2.13 bits per heavy atom. The summed E-state index contributed by atoms with van der Waals surface area (Å²) in [4.78, 5) is 13.4. The van der Waals surface area contributed by atoms with E-state index in [1.165, 1.54) is 102 Å². The van der Waals surface area contributed by atoms with Crippen LogP contribution in [0.2, 0.25) is 0 Å². The number of amidine groups is 1. The summed E-state index contributed by atoms with van der Waals surface area (Å²) in [7, 11) is 2.21. The van der Waals surface area contributed by atoms with Gasteiger partial charge in [0.25, 0.3) is 0 Å². The van der Waals surface area contributed by atoms with Crippen LogP contribution in [0.15, 0.2) is 197 Å². The number of aromatic nitrogens is 1. The summed E-state index contributed by atoms with van der Waals surface area (Å²) in [6.07, 6.45) is 25.1. The van der Waals surface area contributed by atoms with Gasteiger partial charge < -0.3 is 19.3 Å². The number of anilines is 3. The molecule has 6 unspecified atom stereocenters. The fourth-order valence-electron chi connectivity index (χ4n) is 14.7. The molecule has 4 aliphatic carbocycles. The number of nitrogens with zero attached hydrogens (tertiary/aromatic N) is 6. The Bertz CT molecular complexity index is 3750. The van der Waals surface area contributed by atoms with Gasteiger partial charge in [0.05, 0.1) is 40.1 Å². The summed E-state index contributed by atoms with van der Waals surface area (Å²) in [5.41, 5.74) is 22.9. The first-order valence-electron chi connectivity index (χ1n) is 27.9. The number of benzene rings is 6. The summed E-state index contributed by atoms with van der Waals surface area (Å²) in [6, 6.07) is 47.7. The lowest BCUT2D eigenvalue weighted by Gasteiger charge is -2.42. The normalized spacial score (nSPS) is 23.7. The molecule has 3 aliphatic heterocycles. The first-order valence-corrected chi connectivity index (χ1v) is 27.9. The molecule has 7 nitrogen and oxygen atoms in total. The van der Waals surface area contributed by atoms with Gasteiger partial charge >= 0.3 is 0 Å². The van der Waals surface area contributed by atoms with Crippen LogP contribution < -0.4 is 15.1 Å². The molecule has 76 heavy (non-hydrogen) atoms. The first-order chi connectivity index (χ1) is 37.2. The van der Waals surface area contributed by atoms with Crippen LogP contribution in [0.1, 0.15) is 108 Å². The second-order valence-electron chi connectivity index (χ2n) is 22.5. The molecule has 0 radical (unpaired) electrons. The number of fused-ring (bicyclic) bond motifs is 9. The molecule has 0 bridgehead atoms. The van der Waals surface area contributed by atoms with Crippen LogP contribution in [-0.2, 0) is 0 Å². The highest BCUT2D eigenvalue weighted by Crippen LogP contribution is 2.59. The van der Waals surface area contributed by atoms with Crippen LogP contribution in [0.3, 0.4) is 0 Å². The number of allylic oxidation sites excluding steroid dienone is 6. The van der Waals surface area contributed by atoms with E-state index in [2.05, 4.69) is 229 Å². The third kappa shape index (κ3) is 7.35. The largest absolute Gasteiger partial charge is 0.340 e. The molecule has 14 rings (SSSR count). The molecule has 0 saturated heterocycles. The number of para-hydroxylation sites is 2. The second kappa shape index (κ2) is 18.4. The molecule has 4 heterocycles. The van der Waals surface area contributed by atoms with Gasteiger partial charge in [0.1, 0.15) is 24.2 Å². The molecule has 0 fully saturated rings.